The van der Waals surface area contributed by atoms with Crippen LogP contribution in [0.15, 0.2) is 4.34 Å². The molecule has 0 spiro atoms. The first-order valence-corrected chi connectivity index (χ1v) is 7.23. The van der Waals surface area contributed by atoms with Crippen molar-refractivity contribution < 1.29 is 8.42 Å². The topological polar surface area (TPSA) is 85.9 Å². The maximum Gasteiger partial charge on any atom is 0.203 e. The van der Waals surface area contributed by atoms with E-state index in [9.17, 15) is 8.42 Å². The minimum atomic E-state index is -2.88. The molecule has 0 aliphatic rings. The van der Waals surface area contributed by atoms with Crippen LogP contribution in [0.3, 0.4) is 0 Å². The largest absolute Gasteiger partial charge is 0.374 e. The number of nitrogen functional groups attached to an aromatic ring is 1. The molecule has 0 atom stereocenters. The Morgan fingerprint density at radius 2 is 2.23 bits per heavy atom. The molecule has 0 fully saturated rings. The first-order valence-electron chi connectivity index (χ1n) is 3.37. The lowest BCUT2D eigenvalue weighted by atomic mass is 11.0. The van der Waals surface area contributed by atoms with E-state index in [1.54, 1.807) is 0 Å². The molecule has 0 bridgehead atoms. The van der Waals surface area contributed by atoms with E-state index in [1.807, 2.05) is 0 Å². The molecule has 0 aliphatic carbocycles. The first-order chi connectivity index (χ1) is 5.97. The standard InChI is InChI=1S/C5H9N3O2S3/c1-13(9,10)3-2-11-5-8-7-4(6)12-5/h2-3H2,1H3,(H2,6,7). The Morgan fingerprint density at radius 1 is 1.54 bits per heavy atom. The van der Waals surface area contributed by atoms with Crippen molar-refractivity contribution in [3.8, 4) is 0 Å². The predicted octanol–water partition coefficient (Wildman–Crippen LogP) is 0.257. The molecule has 8 heteroatoms. The van der Waals surface area contributed by atoms with E-state index in [1.165, 1.54) is 29.4 Å². The zero-order chi connectivity index (χ0) is 9.90. The Morgan fingerprint density at radius 3 is 2.69 bits per heavy atom. The van der Waals surface area contributed by atoms with E-state index in [-0.39, 0.29) is 5.75 Å². The molecule has 0 amide bonds. The van der Waals surface area contributed by atoms with E-state index >= 15 is 0 Å². The molecule has 0 aliphatic heterocycles. The summed E-state index contributed by atoms with van der Waals surface area (Å²) < 4.78 is 22.2. The summed E-state index contributed by atoms with van der Waals surface area (Å²) in [7, 11) is -2.88. The van der Waals surface area contributed by atoms with Crippen molar-refractivity contribution in [2.75, 3.05) is 23.5 Å². The van der Waals surface area contributed by atoms with Gasteiger partial charge in [-0.3, -0.25) is 0 Å². The molecule has 2 N–H and O–H groups in total. The van der Waals surface area contributed by atoms with E-state index in [0.29, 0.717) is 15.2 Å². The van der Waals surface area contributed by atoms with Crippen LogP contribution in [-0.4, -0.2) is 36.4 Å². The van der Waals surface area contributed by atoms with Gasteiger partial charge in [0.1, 0.15) is 9.84 Å². The van der Waals surface area contributed by atoms with Gasteiger partial charge in [-0.05, 0) is 0 Å². The predicted molar refractivity (Wildman–Crippen MR) is 54.8 cm³/mol. The first kappa shape index (κ1) is 10.7. The summed E-state index contributed by atoms with van der Waals surface area (Å²) in [5, 5.41) is 7.76. The lowest BCUT2D eigenvalue weighted by Crippen LogP contribution is -2.04. The minimum Gasteiger partial charge on any atom is -0.374 e. The molecule has 0 saturated carbocycles. The van der Waals surface area contributed by atoms with Gasteiger partial charge < -0.3 is 5.73 Å². The van der Waals surface area contributed by atoms with E-state index in [2.05, 4.69) is 10.2 Å². The monoisotopic (exact) mass is 239 g/mol. The SMILES string of the molecule is CS(=O)(=O)CCSc1nnc(N)s1. The molecule has 0 aromatic carbocycles. The van der Waals surface area contributed by atoms with Crippen LogP contribution < -0.4 is 5.73 Å². The molecule has 1 rings (SSSR count). The second-order valence-corrected chi connectivity index (χ2v) is 7.00. The van der Waals surface area contributed by atoms with Gasteiger partial charge in [0.25, 0.3) is 0 Å². The minimum absolute atomic E-state index is 0.150. The van der Waals surface area contributed by atoms with Crippen molar-refractivity contribution >= 4 is 38.1 Å². The quantitative estimate of drug-likeness (QED) is 0.758. The fourth-order valence-electron chi connectivity index (χ4n) is 0.559. The van der Waals surface area contributed by atoms with Crippen LogP contribution in [0.2, 0.25) is 0 Å². The highest BCUT2D eigenvalue weighted by Gasteiger charge is 2.05. The molecule has 0 saturated heterocycles. The molecular formula is C5H9N3O2S3. The molecule has 0 radical (unpaired) electrons. The lowest BCUT2D eigenvalue weighted by Gasteiger charge is -1.94. The summed E-state index contributed by atoms with van der Waals surface area (Å²) in [5.41, 5.74) is 5.35. The zero-order valence-corrected chi connectivity index (χ0v) is 9.38. The average Bonchev–Trinajstić information content (AvgIpc) is 2.33. The van der Waals surface area contributed by atoms with Gasteiger partial charge in [-0.15, -0.1) is 10.2 Å². The van der Waals surface area contributed by atoms with Crippen molar-refractivity contribution in [1.82, 2.24) is 10.2 Å². The van der Waals surface area contributed by atoms with Crippen LogP contribution >= 0.6 is 23.1 Å². The van der Waals surface area contributed by atoms with Crippen LogP contribution in [0, 0.1) is 0 Å². The number of sulfone groups is 1. The number of hydrogen-bond acceptors (Lipinski definition) is 7. The summed E-state index contributed by atoms with van der Waals surface area (Å²) >= 11 is 2.62. The van der Waals surface area contributed by atoms with Gasteiger partial charge in [0.05, 0.1) is 5.75 Å². The number of nitrogens with zero attached hydrogens (tertiary/aromatic N) is 2. The van der Waals surface area contributed by atoms with E-state index in [4.69, 9.17) is 5.73 Å². The molecule has 1 heterocycles. The molecule has 0 unspecified atom stereocenters. The van der Waals surface area contributed by atoms with Crippen molar-refractivity contribution in [2.45, 2.75) is 4.34 Å². The molecule has 1 aromatic rings. The highest BCUT2D eigenvalue weighted by atomic mass is 32.2. The second kappa shape index (κ2) is 4.25. The lowest BCUT2D eigenvalue weighted by molar-refractivity contribution is 0.603. The summed E-state index contributed by atoms with van der Waals surface area (Å²) in [4.78, 5) is 0. The average molecular weight is 239 g/mol. The smallest absolute Gasteiger partial charge is 0.203 e. The van der Waals surface area contributed by atoms with Gasteiger partial charge in [-0.2, -0.15) is 0 Å². The molecule has 5 nitrogen and oxygen atoms in total. The van der Waals surface area contributed by atoms with Crippen LogP contribution in [0.1, 0.15) is 0 Å². The van der Waals surface area contributed by atoms with E-state index in [0.717, 1.165) is 0 Å². The van der Waals surface area contributed by atoms with Gasteiger partial charge in [0.2, 0.25) is 5.13 Å². The van der Waals surface area contributed by atoms with Gasteiger partial charge >= 0.3 is 0 Å². The third kappa shape index (κ3) is 4.44. The molecule has 1 aromatic heterocycles. The number of nitrogens with two attached hydrogens (primary N) is 1. The molecule has 13 heavy (non-hydrogen) atoms. The van der Waals surface area contributed by atoms with Gasteiger partial charge in [0.15, 0.2) is 4.34 Å². The molecular weight excluding hydrogens is 230 g/mol. The van der Waals surface area contributed by atoms with Crippen LogP contribution in [0.25, 0.3) is 0 Å². The van der Waals surface area contributed by atoms with E-state index < -0.39 is 9.84 Å². The maximum atomic E-state index is 10.8. The summed E-state index contributed by atoms with van der Waals surface area (Å²) in [5.74, 6) is 0.643. The highest BCUT2D eigenvalue weighted by Crippen LogP contribution is 2.23. The van der Waals surface area contributed by atoms with Gasteiger partial charge in [0, 0.05) is 12.0 Å². The normalized spacial score (nSPS) is 11.8. The number of rotatable bonds is 4. The Bertz CT molecular complexity index is 372. The number of aromatic nitrogens is 2. The second-order valence-electron chi connectivity index (χ2n) is 2.38. The van der Waals surface area contributed by atoms with Crippen molar-refractivity contribution in [3.05, 3.63) is 0 Å². The van der Waals surface area contributed by atoms with Crippen LogP contribution in [0.5, 0.6) is 0 Å². The number of hydrogen-bond donors (Lipinski definition) is 1. The Hall–Kier alpha value is -0.340. The zero-order valence-electron chi connectivity index (χ0n) is 6.93. The fraction of sp³-hybridized carbons (Fsp3) is 0.600. The Labute approximate surface area is 84.7 Å². The summed E-state index contributed by atoms with van der Waals surface area (Å²) in [6, 6.07) is 0. The van der Waals surface area contributed by atoms with Crippen molar-refractivity contribution in [2.24, 2.45) is 0 Å². The van der Waals surface area contributed by atoms with Crippen LogP contribution in [-0.2, 0) is 9.84 Å². The molecule has 74 valence electrons. The van der Waals surface area contributed by atoms with Gasteiger partial charge in [-0.25, -0.2) is 8.42 Å². The summed E-state index contributed by atoms with van der Waals surface area (Å²) in [6.45, 7) is 0. The third-order valence-corrected chi connectivity index (χ3v) is 4.19. The van der Waals surface area contributed by atoms with Gasteiger partial charge in [-0.1, -0.05) is 23.1 Å². The highest BCUT2D eigenvalue weighted by molar-refractivity contribution is 8.02. The van der Waals surface area contributed by atoms with Crippen molar-refractivity contribution in [3.63, 3.8) is 0 Å². The Balaban J connectivity index is 2.36. The summed E-state index contributed by atoms with van der Waals surface area (Å²) in [6.07, 6.45) is 1.21. The maximum absolute atomic E-state index is 10.8. The fourth-order valence-corrected chi connectivity index (χ4v) is 3.46. The third-order valence-electron chi connectivity index (χ3n) is 1.10. The Kier molecular flexibility index (Phi) is 3.51. The van der Waals surface area contributed by atoms with Crippen molar-refractivity contribution in [1.29, 1.82) is 0 Å². The number of thioether (sulfide) groups is 1. The van der Waals surface area contributed by atoms with Crippen LogP contribution in [0.4, 0.5) is 5.13 Å². The number of anilines is 1.